The summed E-state index contributed by atoms with van der Waals surface area (Å²) in [5.41, 5.74) is 0.713. The third-order valence-corrected chi connectivity index (χ3v) is 3.79. The lowest BCUT2D eigenvalue weighted by Gasteiger charge is -2.22. The van der Waals surface area contributed by atoms with Crippen molar-refractivity contribution in [2.75, 3.05) is 6.54 Å². The minimum atomic E-state index is -0.808. The molecule has 2 amide bonds. The van der Waals surface area contributed by atoms with Crippen LogP contribution < -0.4 is 10.6 Å². The molecule has 0 heterocycles. The maximum Gasteiger partial charge on any atom is 0.309 e. The number of carbonyl (C=O) groups excluding carboxylic acids is 2. The molecule has 0 bridgehead atoms. The van der Waals surface area contributed by atoms with E-state index in [9.17, 15) is 14.7 Å². The minimum Gasteiger partial charge on any atom is -0.387 e. The van der Waals surface area contributed by atoms with Crippen molar-refractivity contribution in [1.29, 1.82) is 0 Å². The molecule has 0 aliphatic heterocycles. The van der Waals surface area contributed by atoms with E-state index >= 15 is 0 Å². The number of aliphatic hydroxyl groups excluding tert-OH is 1. The van der Waals surface area contributed by atoms with Crippen LogP contribution in [-0.4, -0.2) is 29.5 Å². The van der Waals surface area contributed by atoms with Gasteiger partial charge in [0.2, 0.25) is 0 Å². The van der Waals surface area contributed by atoms with Crippen LogP contribution in [-0.2, 0) is 9.59 Å². The lowest BCUT2D eigenvalue weighted by atomic mass is 9.95. The maximum absolute atomic E-state index is 11.8. The maximum atomic E-state index is 11.8. The fourth-order valence-electron chi connectivity index (χ4n) is 2.56. The molecule has 114 valence electrons. The van der Waals surface area contributed by atoms with Crippen molar-refractivity contribution in [3.05, 3.63) is 35.9 Å². The fraction of sp³-hybridized carbons (Fsp3) is 0.500. The third kappa shape index (κ3) is 4.86. The summed E-state index contributed by atoms with van der Waals surface area (Å²) in [5.74, 6) is -1.29. The van der Waals surface area contributed by atoms with Crippen molar-refractivity contribution in [2.24, 2.45) is 0 Å². The van der Waals surface area contributed by atoms with Crippen molar-refractivity contribution in [2.45, 2.75) is 44.2 Å². The molecule has 0 aromatic heterocycles. The molecule has 1 atom stereocenters. The van der Waals surface area contributed by atoms with Gasteiger partial charge in [-0.25, -0.2) is 0 Å². The highest BCUT2D eigenvalue weighted by Gasteiger charge is 2.20. The molecule has 0 saturated heterocycles. The molecule has 0 radical (unpaired) electrons. The Labute approximate surface area is 124 Å². The smallest absolute Gasteiger partial charge is 0.309 e. The molecule has 5 nitrogen and oxygen atoms in total. The van der Waals surface area contributed by atoms with Crippen LogP contribution in [0.25, 0.3) is 0 Å². The number of amides is 2. The summed E-state index contributed by atoms with van der Waals surface area (Å²) < 4.78 is 0. The zero-order valence-corrected chi connectivity index (χ0v) is 12.0. The minimum absolute atomic E-state index is 0.0287. The summed E-state index contributed by atoms with van der Waals surface area (Å²) in [6, 6.07) is 9.15. The summed E-state index contributed by atoms with van der Waals surface area (Å²) in [5, 5.41) is 15.1. The Morgan fingerprint density at radius 1 is 1.10 bits per heavy atom. The number of carbonyl (C=O) groups is 2. The number of nitrogens with one attached hydrogen (secondary N) is 2. The first-order valence-electron chi connectivity index (χ1n) is 7.48. The highest BCUT2D eigenvalue weighted by atomic mass is 16.3. The Morgan fingerprint density at radius 2 is 1.76 bits per heavy atom. The van der Waals surface area contributed by atoms with E-state index in [0.717, 1.165) is 25.7 Å². The second-order valence-corrected chi connectivity index (χ2v) is 5.44. The molecule has 1 aromatic rings. The van der Waals surface area contributed by atoms with Crippen LogP contribution in [0.15, 0.2) is 30.3 Å². The first-order chi connectivity index (χ1) is 10.2. The molecule has 0 spiro atoms. The van der Waals surface area contributed by atoms with Crippen molar-refractivity contribution in [3.63, 3.8) is 0 Å². The number of aliphatic hydroxyl groups is 1. The zero-order valence-electron chi connectivity index (χ0n) is 12.0. The number of rotatable bonds is 4. The van der Waals surface area contributed by atoms with E-state index < -0.39 is 17.9 Å². The molecule has 5 heteroatoms. The number of benzene rings is 1. The SMILES string of the molecule is O=C(NCC(O)c1ccccc1)C(=O)NC1CCCCC1. The van der Waals surface area contributed by atoms with Crippen LogP contribution in [0.3, 0.4) is 0 Å². The Morgan fingerprint density at radius 3 is 2.43 bits per heavy atom. The topological polar surface area (TPSA) is 78.4 Å². The molecule has 2 rings (SSSR count). The van der Waals surface area contributed by atoms with Gasteiger partial charge in [-0.3, -0.25) is 9.59 Å². The average Bonchev–Trinajstić information content (AvgIpc) is 2.54. The first-order valence-corrected chi connectivity index (χ1v) is 7.48. The van der Waals surface area contributed by atoms with Gasteiger partial charge in [0.1, 0.15) is 0 Å². The van der Waals surface area contributed by atoms with Gasteiger partial charge in [0.25, 0.3) is 0 Å². The molecule has 3 N–H and O–H groups in total. The number of hydrogen-bond donors (Lipinski definition) is 3. The van der Waals surface area contributed by atoms with Gasteiger partial charge >= 0.3 is 11.8 Å². The molecule has 1 aliphatic rings. The predicted molar refractivity (Wildman–Crippen MR) is 79.4 cm³/mol. The second kappa shape index (κ2) is 7.78. The van der Waals surface area contributed by atoms with E-state index in [1.54, 1.807) is 12.1 Å². The molecule has 1 aromatic carbocycles. The van der Waals surface area contributed by atoms with E-state index in [0.29, 0.717) is 5.56 Å². The lowest BCUT2D eigenvalue weighted by Crippen LogP contribution is -2.46. The zero-order chi connectivity index (χ0) is 15.1. The van der Waals surface area contributed by atoms with E-state index in [-0.39, 0.29) is 12.6 Å². The van der Waals surface area contributed by atoms with Crippen LogP contribution in [0.4, 0.5) is 0 Å². The highest BCUT2D eigenvalue weighted by Crippen LogP contribution is 2.17. The van der Waals surface area contributed by atoms with Crippen LogP contribution in [0.2, 0.25) is 0 Å². The van der Waals surface area contributed by atoms with Crippen LogP contribution in [0.1, 0.15) is 43.8 Å². The molecular weight excluding hydrogens is 268 g/mol. The van der Waals surface area contributed by atoms with Gasteiger partial charge in [0.15, 0.2) is 0 Å². The van der Waals surface area contributed by atoms with Gasteiger partial charge in [-0.1, -0.05) is 49.6 Å². The summed E-state index contributed by atoms with van der Waals surface area (Å²) in [6.45, 7) is 0.0287. The Hall–Kier alpha value is -1.88. The largest absolute Gasteiger partial charge is 0.387 e. The summed E-state index contributed by atoms with van der Waals surface area (Å²) in [6.07, 6.45) is 4.45. The molecule has 1 unspecified atom stereocenters. The van der Waals surface area contributed by atoms with Gasteiger partial charge in [-0.05, 0) is 18.4 Å². The van der Waals surface area contributed by atoms with Crippen LogP contribution in [0, 0.1) is 0 Å². The lowest BCUT2D eigenvalue weighted by molar-refractivity contribution is -0.140. The Bertz CT molecular complexity index is 470. The van der Waals surface area contributed by atoms with Gasteiger partial charge in [0.05, 0.1) is 6.10 Å². The van der Waals surface area contributed by atoms with Gasteiger partial charge < -0.3 is 15.7 Å². The van der Waals surface area contributed by atoms with E-state index in [4.69, 9.17) is 0 Å². The van der Waals surface area contributed by atoms with Gasteiger partial charge in [-0.2, -0.15) is 0 Å². The summed E-state index contributed by atoms with van der Waals surface area (Å²) >= 11 is 0. The Kier molecular flexibility index (Phi) is 5.75. The van der Waals surface area contributed by atoms with Crippen molar-refractivity contribution >= 4 is 11.8 Å². The van der Waals surface area contributed by atoms with Gasteiger partial charge in [-0.15, -0.1) is 0 Å². The second-order valence-electron chi connectivity index (χ2n) is 5.44. The standard InChI is InChI=1S/C16H22N2O3/c19-14(12-7-3-1-4-8-12)11-17-15(20)16(21)18-13-9-5-2-6-10-13/h1,3-4,7-8,13-14,19H,2,5-6,9-11H2,(H,17,20)(H,18,21). The monoisotopic (exact) mass is 290 g/mol. The summed E-state index contributed by atoms with van der Waals surface area (Å²) in [4.78, 5) is 23.5. The van der Waals surface area contributed by atoms with Gasteiger partial charge in [0, 0.05) is 12.6 Å². The molecular formula is C16H22N2O3. The highest BCUT2D eigenvalue weighted by molar-refractivity contribution is 6.35. The van der Waals surface area contributed by atoms with E-state index in [2.05, 4.69) is 10.6 Å². The fourth-order valence-corrected chi connectivity index (χ4v) is 2.56. The third-order valence-electron chi connectivity index (χ3n) is 3.79. The van der Waals surface area contributed by atoms with Crippen molar-refractivity contribution < 1.29 is 14.7 Å². The first kappa shape index (κ1) is 15.5. The van der Waals surface area contributed by atoms with E-state index in [1.807, 2.05) is 18.2 Å². The number of hydrogen-bond acceptors (Lipinski definition) is 3. The normalized spacial score (nSPS) is 17.0. The van der Waals surface area contributed by atoms with Crippen molar-refractivity contribution in [3.8, 4) is 0 Å². The molecule has 1 fully saturated rings. The van der Waals surface area contributed by atoms with Crippen LogP contribution >= 0.6 is 0 Å². The predicted octanol–water partition coefficient (Wildman–Crippen LogP) is 1.29. The van der Waals surface area contributed by atoms with E-state index in [1.165, 1.54) is 6.42 Å². The molecule has 1 saturated carbocycles. The summed E-state index contributed by atoms with van der Waals surface area (Å²) in [7, 11) is 0. The molecule has 21 heavy (non-hydrogen) atoms. The Balaban J connectivity index is 1.74. The quantitative estimate of drug-likeness (QED) is 0.731. The molecule has 1 aliphatic carbocycles. The van der Waals surface area contributed by atoms with Crippen molar-refractivity contribution in [1.82, 2.24) is 10.6 Å². The van der Waals surface area contributed by atoms with Crippen LogP contribution in [0.5, 0.6) is 0 Å². The average molecular weight is 290 g/mol.